The molecule has 0 fully saturated rings. The van der Waals surface area contributed by atoms with Gasteiger partial charge < -0.3 is 0 Å². The molecule has 0 bridgehead atoms. The van der Waals surface area contributed by atoms with Crippen LogP contribution in [0.1, 0.15) is 31.9 Å². The van der Waals surface area contributed by atoms with Crippen molar-refractivity contribution in [3.8, 4) is 0 Å². The summed E-state index contributed by atoms with van der Waals surface area (Å²) in [4.78, 5) is 0. The Balaban J connectivity index is 3.37. The second-order valence-electron chi connectivity index (χ2n) is 4.36. The summed E-state index contributed by atoms with van der Waals surface area (Å²) in [6.07, 6.45) is 0. The van der Waals surface area contributed by atoms with Crippen LogP contribution in [0.25, 0.3) is 0 Å². The zero-order chi connectivity index (χ0) is 10.2. The van der Waals surface area contributed by atoms with Gasteiger partial charge in [-0.2, -0.15) is 0 Å². The van der Waals surface area contributed by atoms with Gasteiger partial charge in [0.2, 0.25) is 0 Å². The molecule has 0 amide bonds. The first-order chi connectivity index (χ1) is 5.82. The highest BCUT2D eigenvalue weighted by molar-refractivity contribution is 6.30. The van der Waals surface area contributed by atoms with Gasteiger partial charge in [-0.3, -0.25) is 0 Å². The Kier molecular flexibility index (Phi) is 2.67. The van der Waals surface area contributed by atoms with Crippen molar-refractivity contribution in [1.29, 1.82) is 0 Å². The molecule has 0 heterocycles. The fourth-order valence-corrected chi connectivity index (χ4v) is 1.54. The van der Waals surface area contributed by atoms with E-state index >= 15 is 0 Å². The van der Waals surface area contributed by atoms with Gasteiger partial charge >= 0.3 is 0 Å². The second-order valence-corrected chi connectivity index (χ2v) is 4.77. The lowest BCUT2D eigenvalue weighted by Crippen LogP contribution is -2.14. The predicted molar refractivity (Wildman–Crippen MR) is 54.8 cm³/mol. The van der Waals surface area contributed by atoms with Crippen molar-refractivity contribution < 1.29 is 4.39 Å². The molecule has 0 nitrogen and oxygen atoms in total. The van der Waals surface area contributed by atoms with E-state index in [9.17, 15) is 4.39 Å². The topological polar surface area (TPSA) is 0 Å². The maximum absolute atomic E-state index is 13.5. The zero-order valence-electron chi connectivity index (χ0n) is 8.41. The number of rotatable bonds is 0. The van der Waals surface area contributed by atoms with E-state index in [1.165, 1.54) is 0 Å². The van der Waals surface area contributed by atoms with E-state index in [0.29, 0.717) is 5.56 Å². The smallest absolute Gasteiger partial charge is 0.145 e. The average molecular weight is 201 g/mol. The fourth-order valence-electron chi connectivity index (χ4n) is 1.27. The summed E-state index contributed by atoms with van der Waals surface area (Å²) in [7, 11) is 0. The summed E-state index contributed by atoms with van der Waals surface area (Å²) in [6, 6.07) is 3.49. The summed E-state index contributed by atoms with van der Waals surface area (Å²) in [6.45, 7) is 7.84. The molecule has 2 heteroatoms. The van der Waals surface area contributed by atoms with Gasteiger partial charge in [-0.25, -0.2) is 4.39 Å². The summed E-state index contributed by atoms with van der Waals surface area (Å²) in [5.41, 5.74) is 1.48. The molecule has 0 saturated carbocycles. The van der Waals surface area contributed by atoms with Crippen LogP contribution < -0.4 is 0 Å². The van der Waals surface area contributed by atoms with Gasteiger partial charge in [0.05, 0.1) is 5.02 Å². The molecule has 1 aromatic carbocycles. The van der Waals surface area contributed by atoms with Gasteiger partial charge in [0.25, 0.3) is 0 Å². The Bertz CT molecular complexity index is 324. The van der Waals surface area contributed by atoms with Crippen LogP contribution in [0.2, 0.25) is 5.02 Å². The molecular weight excluding hydrogens is 187 g/mol. The molecule has 0 aromatic heterocycles. The van der Waals surface area contributed by atoms with E-state index in [-0.39, 0.29) is 16.3 Å². The van der Waals surface area contributed by atoms with Crippen molar-refractivity contribution in [2.24, 2.45) is 0 Å². The Morgan fingerprint density at radius 1 is 1.23 bits per heavy atom. The van der Waals surface area contributed by atoms with Gasteiger partial charge in [-0.15, -0.1) is 0 Å². The van der Waals surface area contributed by atoms with Crippen molar-refractivity contribution in [2.75, 3.05) is 0 Å². The SMILES string of the molecule is Cc1cc(Cl)c(F)c(C(C)(C)C)c1. The van der Waals surface area contributed by atoms with Crippen LogP contribution in [0.15, 0.2) is 12.1 Å². The van der Waals surface area contributed by atoms with Crippen LogP contribution in [0.4, 0.5) is 4.39 Å². The van der Waals surface area contributed by atoms with Crippen molar-refractivity contribution in [3.05, 3.63) is 34.1 Å². The van der Waals surface area contributed by atoms with Gasteiger partial charge in [0.15, 0.2) is 0 Å². The zero-order valence-corrected chi connectivity index (χ0v) is 9.17. The number of hydrogen-bond donors (Lipinski definition) is 0. The average Bonchev–Trinajstić information content (AvgIpc) is 1.94. The van der Waals surface area contributed by atoms with Crippen molar-refractivity contribution in [2.45, 2.75) is 33.1 Å². The maximum Gasteiger partial charge on any atom is 0.145 e. The molecule has 0 atom stereocenters. The lowest BCUT2D eigenvalue weighted by atomic mass is 9.86. The predicted octanol–water partition coefficient (Wildman–Crippen LogP) is 4.09. The van der Waals surface area contributed by atoms with Gasteiger partial charge in [0, 0.05) is 0 Å². The minimum Gasteiger partial charge on any atom is -0.205 e. The molecule has 0 aliphatic rings. The fraction of sp³-hybridized carbons (Fsp3) is 0.455. The standard InChI is InChI=1S/C11H14ClF/c1-7-5-8(11(2,3)4)10(13)9(12)6-7/h5-6H,1-4H3. The first-order valence-corrected chi connectivity index (χ1v) is 4.66. The Hall–Kier alpha value is -0.560. The second kappa shape index (κ2) is 3.30. The van der Waals surface area contributed by atoms with E-state index in [1.54, 1.807) is 6.07 Å². The maximum atomic E-state index is 13.5. The Morgan fingerprint density at radius 2 is 1.77 bits per heavy atom. The van der Waals surface area contributed by atoms with Crippen LogP contribution in [0.5, 0.6) is 0 Å². The molecule has 0 unspecified atom stereocenters. The minimum atomic E-state index is -0.292. The van der Waals surface area contributed by atoms with Gasteiger partial charge in [-0.05, 0) is 29.5 Å². The highest BCUT2D eigenvalue weighted by Crippen LogP contribution is 2.30. The quantitative estimate of drug-likeness (QED) is 0.592. The minimum absolute atomic E-state index is 0.195. The van der Waals surface area contributed by atoms with E-state index in [2.05, 4.69) is 0 Å². The third-order valence-corrected chi connectivity index (χ3v) is 2.26. The first-order valence-electron chi connectivity index (χ1n) is 4.28. The third-order valence-electron chi connectivity index (χ3n) is 1.98. The van der Waals surface area contributed by atoms with Crippen molar-refractivity contribution in [1.82, 2.24) is 0 Å². The Morgan fingerprint density at radius 3 is 2.23 bits per heavy atom. The van der Waals surface area contributed by atoms with Crippen molar-refractivity contribution >= 4 is 11.6 Å². The Labute approximate surface area is 83.7 Å². The van der Waals surface area contributed by atoms with Crippen molar-refractivity contribution in [3.63, 3.8) is 0 Å². The lowest BCUT2D eigenvalue weighted by Gasteiger charge is -2.20. The highest BCUT2D eigenvalue weighted by atomic mass is 35.5. The summed E-state index contributed by atoms with van der Waals surface area (Å²) in [5.74, 6) is -0.292. The number of aryl methyl sites for hydroxylation is 1. The highest BCUT2D eigenvalue weighted by Gasteiger charge is 2.20. The van der Waals surface area contributed by atoms with Crippen LogP contribution in [-0.2, 0) is 5.41 Å². The normalized spacial score (nSPS) is 11.8. The summed E-state index contributed by atoms with van der Waals surface area (Å²) in [5, 5.41) is 0.213. The number of benzene rings is 1. The largest absolute Gasteiger partial charge is 0.205 e. The third kappa shape index (κ3) is 2.22. The van der Waals surface area contributed by atoms with E-state index in [0.717, 1.165) is 5.56 Å². The molecule has 0 N–H and O–H groups in total. The van der Waals surface area contributed by atoms with E-state index in [4.69, 9.17) is 11.6 Å². The van der Waals surface area contributed by atoms with Gasteiger partial charge in [-0.1, -0.05) is 38.4 Å². The molecule has 0 aliphatic carbocycles. The molecule has 1 aromatic rings. The summed E-state index contributed by atoms with van der Waals surface area (Å²) >= 11 is 5.75. The molecule has 72 valence electrons. The van der Waals surface area contributed by atoms with Gasteiger partial charge in [0.1, 0.15) is 5.82 Å². The van der Waals surface area contributed by atoms with E-state index in [1.807, 2.05) is 33.8 Å². The van der Waals surface area contributed by atoms with Crippen LogP contribution in [-0.4, -0.2) is 0 Å². The van der Waals surface area contributed by atoms with E-state index < -0.39 is 0 Å². The first kappa shape index (κ1) is 10.5. The molecule has 0 radical (unpaired) electrons. The van der Waals surface area contributed by atoms with Crippen LogP contribution >= 0.6 is 11.6 Å². The molecule has 0 spiro atoms. The molecule has 0 aliphatic heterocycles. The van der Waals surface area contributed by atoms with Crippen LogP contribution in [0, 0.1) is 12.7 Å². The molecule has 13 heavy (non-hydrogen) atoms. The monoisotopic (exact) mass is 200 g/mol. The van der Waals surface area contributed by atoms with Crippen LogP contribution in [0.3, 0.4) is 0 Å². The molecular formula is C11H14ClF. The summed E-state index contributed by atoms with van der Waals surface area (Å²) < 4.78 is 13.5. The number of halogens is 2. The molecule has 0 saturated heterocycles. The molecule has 1 rings (SSSR count). The lowest BCUT2D eigenvalue weighted by molar-refractivity contribution is 0.522. The number of hydrogen-bond acceptors (Lipinski definition) is 0.